The summed E-state index contributed by atoms with van der Waals surface area (Å²) < 4.78 is 0.0702. The van der Waals surface area contributed by atoms with Gasteiger partial charge in [-0.05, 0) is 26.2 Å². The summed E-state index contributed by atoms with van der Waals surface area (Å²) in [5.41, 5.74) is 0.837. The van der Waals surface area contributed by atoms with Crippen LogP contribution in [0.3, 0.4) is 0 Å². The van der Waals surface area contributed by atoms with E-state index in [9.17, 15) is 4.79 Å². The topological polar surface area (TPSA) is 45.8 Å². The Balaban J connectivity index is 2.95. The van der Waals surface area contributed by atoms with Gasteiger partial charge in [-0.2, -0.15) is 0 Å². The lowest BCUT2D eigenvalue weighted by Gasteiger charge is -2.27. The van der Waals surface area contributed by atoms with E-state index in [0.29, 0.717) is 5.92 Å². The molecule has 96 valence electrons. The van der Waals surface area contributed by atoms with E-state index in [0.717, 1.165) is 23.7 Å². The number of nitrogens with one attached hydrogen (secondary N) is 1. The number of aromatic nitrogens is 2. The molecule has 0 fully saturated rings. The van der Waals surface area contributed by atoms with Gasteiger partial charge in [0.2, 0.25) is 0 Å². The second kappa shape index (κ2) is 5.71. The van der Waals surface area contributed by atoms with Crippen LogP contribution < -0.4 is 5.56 Å². The molecule has 1 N–H and O–H groups in total. The number of H-pyrrole nitrogens is 1. The molecule has 0 aromatic carbocycles. The van der Waals surface area contributed by atoms with Crippen LogP contribution in [0.4, 0.5) is 0 Å². The zero-order valence-electron chi connectivity index (χ0n) is 11.3. The third kappa shape index (κ3) is 4.19. The van der Waals surface area contributed by atoms with Crippen LogP contribution in [0.15, 0.2) is 16.0 Å². The Bertz CT molecular complexity index is 424. The van der Waals surface area contributed by atoms with Gasteiger partial charge >= 0.3 is 0 Å². The van der Waals surface area contributed by atoms with Crippen LogP contribution >= 0.6 is 11.8 Å². The maximum Gasteiger partial charge on any atom is 0.251 e. The molecule has 0 atom stereocenters. The van der Waals surface area contributed by atoms with Gasteiger partial charge in [-0.3, -0.25) is 4.79 Å². The number of hydrogen-bond donors (Lipinski definition) is 1. The van der Waals surface area contributed by atoms with Crippen molar-refractivity contribution in [2.45, 2.75) is 57.4 Å². The van der Waals surface area contributed by atoms with Crippen molar-refractivity contribution in [3.8, 4) is 0 Å². The molecule has 17 heavy (non-hydrogen) atoms. The van der Waals surface area contributed by atoms with Crippen molar-refractivity contribution in [1.29, 1.82) is 0 Å². The molecule has 0 aliphatic carbocycles. The summed E-state index contributed by atoms with van der Waals surface area (Å²) in [5.74, 6) is 0.521. The van der Waals surface area contributed by atoms with E-state index in [1.54, 1.807) is 17.8 Å². The fourth-order valence-corrected chi connectivity index (χ4v) is 2.33. The summed E-state index contributed by atoms with van der Waals surface area (Å²) >= 11 is 1.64. The highest BCUT2D eigenvalue weighted by molar-refractivity contribution is 8.00. The number of aryl methyl sites for hydroxylation is 1. The average Bonchev–Trinajstić information content (AvgIpc) is 2.15. The van der Waals surface area contributed by atoms with Crippen LogP contribution in [0.2, 0.25) is 0 Å². The molecule has 1 aromatic heterocycles. The van der Waals surface area contributed by atoms with Crippen molar-refractivity contribution in [3.63, 3.8) is 0 Å². The van der Waals surface area contributed by atoms with Crippen molar-refractivity contribution in [1.82, 2.24) is 9.97 Å². The molecule has 0 radical (unpaired) electrons. The SMILES string of the molecule is CCCc1cc(=O)[nH]c(SC(C)(C)C(C)C)n1. The fourth-order valence-electron chi connectivity index (χ4n) is 1.28. The summed E-state index contributed by atoms with van der Waals surface area (Å²) in [6.45, 7) is 10.8. The summed E-state index contributed by atoms with van der Waals surface area (Å²) in [5, 5.41) is 0.736. The molecule has 0 saturated heterocycles. The second-order valence-corrected chi connectivity index (χ2v) is 6.80. The molecule has 0 aliphatic heterocycles. The minimum absolute atomic E-state index is 0.0505. The normalized spacial score (nSPS) is 12.1. The summed E-state index contributed by atoms with van der Waals surface area (Å²) in [7, 11) is 0. The van der Waals surface area contributed by atoms with Gasteiger partial charge in [-0.25, -0.2) is 4.98 Å². The lowest BCUT2D eigenvalue weighted by Crippen LogP contribution is -2.24. The van der Waals surface area contributed by atoms with E-state index >= 15 is 0 Å². The first-order valence-corrected chi connectivity index (χ1v) is 6.96. The first kappa shape index (κ1) is 14.3. The van der Waals surface area contributed by atoms with Gasteiger partial charge in [-0.15, -0.1) is 0 Å². The smallest absolute Gasteiger partial charge is 0.251 e. The summed E-state index contributed by atoms with van der Waals surface area (Å²) in [6, 6.07) is 1.59. The maximum atomic E-state index is 11.5. The Morgan fingerprint density at radius 3 is 2.65 bits per heavy atom. The predicted octanol–water partition coefficient (Wildman–Crippen LogP) is 3.25. The quantitative estimate of drug-likeness (QED) is 0.648. The Labute approximate surface area is 107 Å². The predicted molar refractivity (Wildman–Crippen MR) is 73.6 cm³/mol. The molecule has 4 heteroatoms. The third-order valence-corrected chi connectivity index (χ3v) is 4.41. The van der Waals surface area contributed by atoms with E-state index in [2.05, 4.69) is 44.6 Å². The highest BCUT2D eigenvalue weighted by Gasteiger charge is 2.25. The molecule has 0 spiro atoms. The van der Waals surface area contributed by atoms with Crippen LogP contribution in [0, 0.1) is 5.92 Å². The number of hydrogen-bond acceptors (Lipinski definition) is 3. The highest BCUT2D eigenvalue weighted by atomic mass is 32.2. The number of thioether (sulfide) groups is 1. The molecular formula is C13H22N2OS. The van der Waals surface area contributed by atoms with Gasteiger partial charge in [0.05, 0.1) is 0 Å². The maximum absolute atomic E-state index is 11.5. The number of aromatic amines is 1. The molecule has 0 aliphatic rings. The number of rotatable bonds is 5. The minimum atomic E-state index is -0.0505. The minimum Gasteiger partial charge on any atom is -0.301 e. The molecule has 0 amide bonds. The van der Waals surface area contributed by atoms with Crippen molar-refractivity contribution in [3.05, 3.63) is 22.1 Å². The van der Waals surface area contributed by atoms with Gasteiger partial charge in [0.15, 0.2) is 5.16 Å². The van der Waals surface area contributed by atoms with Crippen LogP contribution in [0.25, 0.3) is 0 Å². The van der Waals surface area contributed by atoms with Gasteiger partial charge < -0.3 is 4.98 Å². The molecule has 0 saturated carbocycles. The second-order valence-electron chi connectivity index (χ2n) is 5.15. The Morgan fingerprint density at radius 1 is 1.47 bits per heavy atom. The fraction of sp³-hybridized carbons (Fsp3) is 0.692. The first-order chi connectivity index (χ1) is 7.85. The monoisotopic (exact) mass is 254 g/mol. The van der Waals surface area contributed by atoms with E-state index < -0.39 is 0 Å². The average molecular weight is 254 g/mol. The van der Waals surface area contributed by atoms with Crippen LogP contribution in [0.5, 0.6) is 0 Å². The molecule has 1 heterocycles. The van der Waals surface area contributed by atoms with E-state index in [4.69, 9.17) is 0 Å². The van der Waals surface area contributed by atoms with Crippen LogP contribution in [0.1, 0.15) is 46.7 Å². The number of nitrogens with zero attached hydrogens (tertiary/aromatic N) is 1. The van der Waals surface area contributed by atoms with Crippen molar-refractivity contribution in [2.24, 2.45) is 5.92 Å². The van der Waals surface area contributed by atoms with Crippen molar-refractivity contribution in [2.75, 3.05) is 0 Å². The third-order valence-electron chi connectivity index (χ3n) is 3.03. The first-order valence-electron chi connectivity index (χ1n) is 6.14. The van der Waals surface area contributed by atoms with Crippen LogP contribution in [-0.2, 0) is 6.42 Å². The van der Waals surface area contributed by atoms with Gasteiger partial charge in [0, 0.05) is 16.5 Å². The molecule has 1 aromatic rings. The van der Waals surface area contributed by atoms with Gasteiger partial charge in [0.25, 0.3) is 5.56 Å². The van der Waals surface area contributed by atoms with E-state index in [1.165, 1.54) is 0 Å². The summed E-state index contributed by atoms with van der Waals surface area (Å²) in [6.07, 6.45) is 1.87. The largest absolute Gasteiger partial charge is 0.301 e. The van der Waals surface area contributed by atoms with Crippen LogP contribution in [-0.4, -0.2) is 14.7 Å². The van der Waals surface area contributed by atoms with Crippen molar-refractivity contribution < 1.29 is 0 Å². The Morgan fingerprint density at radius 2 is 2.12 bits per heavy atom. The lowest BCUT2D eigenvalue weighted by atomic mass is 10.00. The zero-order chi connectivity index (χ0) is 13.1. The molecule has 0 unspecified atom stereocenters. The van der Waals surface area contributed by atoms with E-state index in [-0.39, 0.29) is 10.3 Å². The molecule has 3 nitrogen and oxygen atoms in total. The summed E-state index contributed by atoms with van der Waals surface area (Å²) in [4.78, 5) is 18.8. The van der Waals surface area contributed by atoms with E-state index in [1.807, 2.05) is 0 Å². The molecular weight excluding hydrogens is 232 g/mol. The zero-order valence-corrected chi connectivity index (χ0v) is 12.1. The highest BCUT2D eigenvalue weighted by Crippen LogP contribution is 2.35. The molecule has 1 rings (SSSR count). The molecule has 0 bridgehead atoms. The van der Waals surface area contributed by atoms with Gasteiger partial charge in [0.1, 0.15) is 0 Å². The lowest BCUT2D eigenvalue weighted by molar-refractivity contribution is 0.502. The Kier molecular flexibility index (Phi) is 4.80. The van der Waals surface area contributed by atoms with Gasteiger partial charge in [-0.1, -0.05) is 39.0 Å². The van der Waals surface area contributed by atoms with Crippen molar-refractivity contribution >= 4 is 11.8 Å². The Hall–Kier alpha value is -0.770. The standard InChI is InChI=1S/C13H22N2OS/c1-6-7-10-8-11(16)15-12(14-10)17-13(4,5)9(2)3/h8-9H,6-7H2,1-5H3,(H,14,15,16).